The number of aliphatic hydroxyl groups excluding tert-OH is 1. The first kappa shape index (κ1) is 17.0. The second kappa shape index (κ2) is 7.44. The summed E-state index contributed by atoms with van der Waals surface area (Å²) in [6.07, 6.45) is 4.16. The number of nitrogens with zero attached hydrogens (tertiary/aromatic N) is 1. The summed E-state index contributed by atoms with van der Waals surface area (Å²) in [5, 5.41) is 13.5. The number of fused-ring (bicyclic) bond motifs is 1. The molecule has 0 aromatic heterocycles. The van der Waals surface area contributed by atoms with E-state index in [-0.39, 0.29) is 17.9 Å². The molecule has 25 heavy (non-hydrogen) atoms. The third-order valence-electron chi connectivity index (χ3n) is 6.11. The molecule has 2 atom stereocenters. The SMILES string of the molecule is O=C(N[C@@H]1c2ccccc2C[C@H]1O)C1CCN(C2CCOCC2)CC1. The molecule has 0 unspecified atom stereocenters. The fraction of sp³-hybridized carbons (Fsp3) is 0.650. The Bertz CT molecular complexity index is 607. The fourth-order valence-electron chi connectivity index (χ4n) is 4.60. The van der Waals surface area contributed by atoms with Gasteiger partial charge in [0.1, 0.15) is 0 Å². The molecule has 5 nitrogen and oxygen atoms in total. The molecular formula is C20H28N2O3. The average molecular weight is 344 g/mol. The minimum atomic E-state index is -0.510. The third-order valence-corrected chi connectivity index (χ3v) is 6.11. The Morgan fingerprint density at radius 1 is 1.12 bits per heavy atom. The van der Waals surface area contributed by atoms with Crippen molar-refractivity contribution in [2.75, 3.05) is 26.3 Å². The molecule has 2 N–H and O–H groups in total. The molecule has 0 bridgehead atoms. The van der Waals surface area contributed by atoms with E-state index in [1.54, 1.807) is 0 Å². The van der Waals surface area contributed by atoms with E-state index < -0.39 is 6.10 Å². The number of likely N-dealkylation sites (tertiary alicyclic amines) is 1. The van der Waals surface area contributed by atoms with Gasteiger partial charge < -0.3 is 20.1 Å². The maximum Gasteiger partial charge on any atom is 0.223 e. The van der Waals surface area contributed by atoms with Gasteiger partial charge in [-0.1, -0.05) is 24.3 Å². The van der Waals surface area contributed by atoms with Crippen molar-refractivity contribution in [2.24, 2.45) is 5.92 Å². The van der Waals surface area contributed by atoms with Gasteiger partial charge in [-0.15, -0.1) is 0 Å². The maximum atomic E-state index is 12.7. The molecular weight excluding hydrogens is 316 g/mol. The maximum absolute atomic E-state index is 12.7. The van der Waals surface area contributed by atoms with Crippen LogP contribution in [0.3, 0.4) is 0 Å². The summed E-state index contributed by atoms with van der Waals surface area (Å²) in [7, 11) is 0. The summed E-state index contributed by atoms with van der Waals surface area (Å²) in [5.74, 6) is 0.170. The molecule has 1 aromatic carbocycles. The highest BCUT2D eigenvalue weighted by molar-refractivity contribution is 5.79. The number of piperidine rings is 1. The number of nitrogens with one attached hydrogen (secondary N) is 1. The van der Waals surface area contributed by atoms with E-state index in [0.717, 1.165) is 63.1 Å². The van der Waals surface area contributed by atoms with E-state index in [0.29, 0.717) is 12.5 Å². The van der Waals surface area contributed by atoms with E-state index in [2.05, 4.69) is 10.2 Å². The van der Waals surface area contributed by atoms with Crippen LogP contribution < -0.4 is 5.32 Å². The highest BCUT2D eigenvalue weighted by Crippen LogP contribution is 2.32. The van der Waals surface area contributed by atoms with Crippen molar-refractivity contribution in [3.8, 4) is 0 Å². The topological polar surface area (TPSA) is 61.8 Å². The minimum Gasteiger partial charge on any atom is -0.390 e. The molecule has 2 heterocycles. The van der Waals surface area contributed by atoms with Crippen LogP contribution in [0.15, 0.2) is 24.3 Å². The number of rotatable bonds is 3. The van der Waals surface area contributed by atoms with Crippen LogP contribution in [-0.4, -0.2) is 54.4 Å². The van der Waals surface area contributed by atoms with Crippen molar-refractivity contribution in [3.63, 3.8) is 0 Å². The standard InChI is InChI=1S/C20H28N2O3/c23-18-13-15-3-1-2-4-17(15)19(18)21-20(24)14-5-9-22(10-6-14)16-7-11-25-12-8-16/h1-4,14,16,18-19,23H,5-13H2,(H,21,24)/t18-,19-/m1/s1. The molecule has 1 aromatic rings. The predicted octanol–water partition coefficient (Wildman–Crippen LogP) is 1.65. The number of amides is 1. The predicted molar refractivity (Wildman–Crippen MR) is 95.2 cm³/mol. The molecule has 136 valence electrons. The summed E-state index contributed by atoms with van der Waals surface area (Å²) >= 11 is 0. The Balaban J connectivity index is 1.32. The normalized spacial score (nSPS) is 28.7. The second-order valence-electron chi connectivity index (χ2n) is 7.61. The summed E-state index contributed by atoms with van der Waals surface area (Å²) in [5.41, 5.74) is 2.22. The molecule has 2 saturated heterocycles. The number of hydrogen-bond acceptors (Lipinski definition) is 4. The highest BCUT2D eigenvalue weighted by atomic mass is 16.5. The van der Waals surface area contributed by atoms with Gasteiger partial charge in [0, 0.05) is 31.6 Å². The summed E-state index contributed by atoms with van der Waals surface area (Å²) in [4.78, 5) is 15.3. The molecule has 4 rings (SSSR count). The zero-order valence-corrected chi connectivity index (χ0v) is 14.7. The van der Waals surface area contributed by atoms with E-state index in [4.69, 9.17) is 4.74 Å². The van der Waals surface area contributed by atoms with Crippen LogP contribution in [-0.2, 0) is 16.0 Å². The Morgan fingerprint density at radius 2 is 1.84 bits per heavy atom. The lowest BCUT2D eigenvalue weighted by Crippen LogP contribution is -2.47. The number of carbonyl (C=O) groups excluding carboxylic acids is 1. The van der Waals surface area contributed by atoms with Crippen LogP contribution in [0.1, 0.15) is 42.9 Å². The first-order valence-electron chi connectivity index (χ1n) is 9.60. The van der Waals surface area contributed by atoms with Crippen molar-refractivity contribution in [3.05, 3.63) is 35.4 Å². The largest absolute Gasteiger partial charge is 0.390 e. The van der Waals surface area contributed by atoms with Crippen molar-refractivity contribution in [1.29, 1.82) is 0 Å². The average Bonchev–Trinajstić information content (AvgIpc) is 2.98. The molecule has 1 amide bonds. The molecule has 0 spiro atoms. The molecule has 1 aliphatic carbocycles. The van der Waals surface area contributed by atoms with Gasteiger partial charge in [-0.2, -0.15) is 0 Å². The lowest BCUT2D eigenvalue weighted by Gasteiger charge is -2.39. The Morgan fingerprint density at radius 3 is 2.60 bits per heavy atom. The van der Waals surface area contributed by atoms with Crippen LogP contribution in [0.5, 0.6) is 0 Å². The molecule has 0 radical (unpaired) electrons. The monoisotopic (exact) mass is 344 g/mol. The van der Waals surface area contributed by atoms with Gasteiger partial charge >= 0.3 is 0 Å². The van der Waals surface area contributed by atoms with Crippen LogP contribution >= 0.6 is 0 Å². The first-order valence-corrected chi connectivity index (χ1v) is 9.60. The third kappa shape index (κ3) is 3.59. The molecule has 2 aliphatic heterocycles. The molecule has 2 fully saturated rings. The van der Waals surface area contributed by atoms with Gasteiger partial charge in [0.15, 0.2) is 0 Å². The minimum absolute atomic E-state index is 0.0658. The van der Waals surface area contributed by atoms with Gasteiger partial charge in [0.05, 0.1) is 12.1 Å². The van der Waals surface area contributed by atoms with E-state index in [1.807, 2.05) is 24.3 Å². The van der Waals surface area contributed by atoms with Crippen molar-refractivity contribution >= 4 is 5.91 Å². The van der Waals surface area contributed by atoms with Gasteiger partial charge in [0.2, 0.25) is 5.91 Å². The van der Waals surface area contributed by atoms with E-state index in [1.165, 1.54) is 0 Å². The highest BCUT2D eigenvalue weighted by Gasteiger charge is 2.35. The Hall–Kier alpha value is -1.43. The fourth-order valence-corrected chi connectivity index (χ4v) is 4.60. The molecule has 0 saturated carbocycles. The number of benzene rings is 1. The Kier molecular flexibility index (Phi) is 5.06. The smallest absolute Gasteiger partial charge is 0.223 e. The number of aliphatic hydroxyl groups is 1. The lowest BCUT2D eigenvalue weighted by molar-refractivity contribution is -0.128. The van der Waals surface area contributed by atoms with Gasteiger partial charge in [-0.05, 0) is 49.9 Å². The molecule has 3 aliphatic rings. The van der Waals surface area contributed by atoms with Crippen LogP contribution in [0, 0.1) is 5.92 Å². The van der Waals surface area contributed by atoms with Crippen LogP contribution in [0.25, 0.3) is 0 Å². The second-order valence-corrected chi connectivity index (χ2v) is 7.61. The van der Waals surface area contributed by atoms with Crippen molar-refractivity contribution in [2.45, 2.75) is 50.3 Å². The van der Waals surface area contributed by atoms with E-state index in [9.17, 15) is 9.90 Å². The first-order chi connectivity index (χ1) is 12.2. The number of carbonyl (C=O) groups is 1. The van der Waals surface area contributed by atoms with Gasteiger partial charge in [-0.25, -0.2) is 0 Å². The zero-order valence-electron chi connectivity index (χ0n) is 14.7. The quantitative estimate of drug-likeness (QED) is 0.875. The zero-order chi connectivity index (χ0) is 17.2. The number of hydrogen-bond donors (Lipinski definition) is 2. The summed E-state index contributed by atoms with van der Waals surface area (Å²) in [6.45, 7) is 3.72. The summed E-state index contributed by atoms with van der Waals surface area (Å²) < 4.78 is 5.45. The van der Waals surface area contributed by atoms with E-state index >= 15 is 0 Å². The van der Waals surface area contributed by atoms with Crippen molar-refractivity contribution < 1.29 is 14.6 Å². The molecule has 5 heteroatoms. The Labute approximate surface area is 149 Å². The van der Waals surface area contributed by atoms with Gasteiger partial charge in [0.25, 0.3) is 0 Å². The van der Waals surface area contributed by atoms with Gasteiger partial charge in [-0.3, -0.25) is 4.79 Å². The number of ether oxygens (including phenoxy) is 1. The van der Waals surface area contributed by atoms with Crippen LogP contribution in [0.2, 0.25) is 0 Å². The summed E-state index contributed by atoms with van der Waals surface area (Å²) in [6, 6.07) is 8.39. The van der Waals surface area contributed by atoms with Crippen molar-refractivity contribution in [1.82, 2.24) is 10.2 Å². The van der Waals surface area contributed by atoms with Crippen LogP contribution in [0.4, 0.5) is 0 Å². The lowest BCUT2D eigenvalue weighted by atomic mass is 9.93.